The van der Waals surface area contributed by atoms with Crippen LogP contribution in [0.25, 0.3) is 56.2 Å². The molecule has 0 bridgehead atoms. The average molecular weight is 445 g/mol. The molecule has 0 aliphatic heterocycles. The fourth-order valence-corrected chi connectivity index (χ4v) is 4.30. The summed E-state index contributed by atoms with van der Waals surface area (Å²) in [5, 5.41) is 21.9. The summed E-state index contributed by atoms with van der Waals surface area (Å²) in [5.41, 5.74) is 6.95. The number of hydrogen-bond donors (Lipinski definition) is 2. The summed E-state index contributed by atoms with van der Waals surface area (Å²) in [6.07, 6.45) is 3.31. The van der Waals surface area contributed by atoms with Crippen molar-refractivity contribution in [3.8, 4) is 22.3 Å². The highest BCUT2D eigenvalue weighted by Crippen LogP contribution is 2.36. The lowest BCUT2D eigenvalue weighted by atomic mass is 9.95. The molecule has 0 saturated heterocycles. The van der Waals surface area contributed by atoms with Gasteiger partial charge < -0.3 is 10.2 Å². The van der Waals surface area contributed by atoms with Crippen molar-refractivity contribution in [2.24, 2.45) is 0 Å². The van der Waals surface area contributed by atoms with Gasteiger partial charge in [0.05, 0.1) is 33.9 Å². The summed E-state index contributed by atoms with van der Waals surface area (Å²) in [6, 6.07) is 28.4. The van der Waals surface area contributed by atoms with E-state index in [1.54, 1.807) is 26.0 Å². The fourth-order valence-electron chi connectivity index (χ4n) is 4.30. The van der Waals surface area contributed by atoms with Crippen LogP contribution in [0.5, 0.6) is 0 Å². The Morgan fingerprint density at radius 2 is 0.971 bits per heavy atom. The summed E-state index contributed by atoms with van der Waals surface area (Å²) in [7, 11) is 0. The highest BCUT2D eigenvalue weighted by Gasteiger charge is 2.15. The number of aromatic nitrogens is 2. The second-order valence-electron chi connectivity index (χ2n) is 8.35. The molecule has 0 fully saturated rings. The predicted octanol–water partition coefficient (Wildman–Crippen LogP) is 7.95. The Bertz CT molecular complexity index is 1440. The van der Waals surface area contributed by atoms with Gasteiger partial charge in [0.2, 0.25) is 0 Å². The van der Waals surface area contributed by atoms with Crippen molar-refractivity contribution in [1.29, 1.82) is 0 Å². The molecule has 0 unspecified atom stereocenters. The van der Waals surface area contributed by atoms with Gasteiger partial charge in [-0.3, -0.25) is 0 Å². The SMILES string of the molecule is C/C(O)=C/c1cc(-c2ccccc2)c2ccc3c(-c4ccccc4)cc(/C=C(/C)O)nc3c2n1. The van der Waals surface area contributed by atoms with Gasteiger partial charge in [0.15, 0.2) is 0 Å². The van der Waals surface area contributed by atoms with Crippen LogP contribution >= 0.6 is 0 Å². The lowest BCUT2D eigenvalue weighted by Gasteiger charge is -2.14. The van der Waals surface area contributed by atoms with Crippen molar-refractivity contribution in [1.82, 2.24) is 9.97 Å². The monoisotopic (exact) mass is 444 g/mol. The molecule has 4 nitrogen and oxygen atoms in total. The topological polar surface area (TPSA) is 66.2 Å². The second-order valence-corrected chi connectivity index (χ2v) is 8.35. The van der Waals surface area contributed by atoms with Crippen molar-refractivity contribution < 1.29 is 10.2 Å². The van der Waals surface area contributed by atoms with Gasteiger partial charge in [0.1, 0.15) is 0 Å². The molecule has 2 N–H and O–H groups in total. The minimum absolute atomic E-state index is 0.184. The van der Waals surface area contributed by atoms with Crippen LogP contribution in [0.4, 0.5) is 0 Å². The third-order valence-electron chi connectivity index (χ3n) is 5.68. The van der Waals surface area contributed by atoms with Crippen LogP contribution in [-0.2, 0) is 0 Å². The number of nitrogens with zero attached hydrogens (tertiary/aromatic N) is 2. The van der Waals surface area contributed by atoms with Gasteiger partial charge in [-0.15, -0.1) is 0 Å². The average Bonchev–Trinajstić information content (AvgIpc) is 2.83. The Morgan fingerprint density at radius 1 is 0.588 bits per heavy atom. The van der Waals surface area contributed by atoms with E-state index in [9.17, 15) is 10.2 Å². The number of benzene rings is 3. The highest BCUT2D eigenvalue weighted by atomic mass is 16.3. The van der Waals surface area contributed by atoms with Crippen LogP contribution in [0.2, 0.25) is 0 Å². The fraction of sp³-hybridized carbons (Fsp3) is 0.0667. The van der Waals surface area contributed by atoms with E-state index < -0.39 is 0 Å². The summed E-state index contributed by atoms with van der Waals surface area (Å²) in [4.78, 5) is 9.81. The molecule has 3 aromatic carbocycles. The van der Waals surface area contributed by atoms with Crippen LogP contribution in [-0.4, -0.2) is 20.2 Å². The largest absolute Gasteiger partial charge is 0.513 e. The van der Waals surface area contributed by atoms with Gasteiger partial charge in [0.25, 0.3) is 0 Å². The van der Waals surface area contributed by atoms with Crippen molar-refractivity contribution in [2.75, 3.05) is 0 Å². The molecule has 166 valence electrons. The lowest BCUT2D eigenvalue weighted by molar-refractivity contribution is 0.419. The molecule has 0 atom stereocenters. The quantitative estimate of drug-likeness (QED) is 0.218. The lowest BCUT2D eigenvalue weighted by Crippen LogP contribution is -1.95. The number of rotatable bonds is 4. The molecule has 5 rings (SSSR count). The van der Waals surface area contributed by atoms with Crippen LogP contribution in [0.15, 0.2) is 96.4 Å². The van der Waals surface area contributed by atoms with E-state index in [0.29, 0.717) is 11.4 Å². The number of fused-ring (bicyclic) bond motifs is 3. The molecule has 2 heterocycles. The molecule has 2 aromatic heterocycles. The van der Waals surface area contributed by atoms with Crippen LogP contribution in [0, 0.1) is 0 Å². The van der Waals surface area contributed by atoms with Crippen molar-refractivity contribution in [3.63, 3.8) is 0 Å². The zero-order chi connectivity index (χ0) is 23.7. The van der Waals surface area contributed by atoms with Crippen molar-refractivity contribution >= 4 is 34.0 Å². The molecular weight excluding hydrogens is 420 g/mol. The third kappa shape index (κ3) is 4.14. The van der Waals surface area contributed by atoms with E-state index >= 15 is 0 Å². The smallest absolute Gasteiger partial charge is 0.0978 e. The summed E-state index contributed by atoms with van der Waals surface area (Å²) < 4.78 is 0. The van der Waals surface area contributed by atoms with E-state index in [0.717, 1.165) is 44.1 Å². The van der Waals surface area contributed by atoms with Gasteiger partial charge in [-0.2, -0.15) is 0 Å². The Hall–Kier alpha value is -4.44. The molecule has 0 aliphatic carbocycles. The molecule has 0 spiro atoms. The molecule has 4 heteroatoms. The zero-order valence-electron chi connectivity index (χ0n) is 19.0. The van der Waals surface area contributed by atoms with Gasteiger partial charge in [0, 0.05) is 22.9 Å². The van der Waals surface area contributed by atoms with E-state index in [2.05, 4.69) is 36.4 Å². The zero-order valence-corrected chi connectivity index (χ0v) is 19.0. The maximum Gasteiger partial charge on any atom is 0.0978 e. The standard InChI is InChI=1S/C30H24N2O2/c1-19(33)15-23-17-27(21-9-5-3-6-10-21)25-13-14-26-28(22-11-7-4-8-12-22)18-24(16-20(2)34)32-30(26)29(25)31-23/h3-18,33-34H,1-2H3/b19-15-,20-16-. The first-order chi connectivity index (χ1) is 16.5. The second kappa shape index (κ2) is 8.83. The molecule has 34 heavy (non-hydrogen) atoms. The number of hydrogen-bond acceptors (Lipinski definition) is 4. The minimum atomic E-state index is 0.184. The van der Waals surface area contributed by atoms with Crippen LogP contribution in [0.3, 0.4) is 0 Å². The van der Waals surface area contributed by atoms with Crippen molar-refractivity contribution in [3.05, 3.63) is 108 Å². The Labute approximate surface area is 198 Å². The van der Waals surface area contributed by atoms with E-state index in [-0.39, 0.29) is 11.5 Å². The predicted molar refractivity (Wildman–Crippen MR) is 140 cm³/mol. The summed E-state index contributed by atoms with van der Waals surface area (Å²) >= 11 is 0. The van der Waals surface area contributed by atoms with Crippen LogP contribution < -0.4 is 0 Å². The Morgan fingerprint density at radius 3 is 1.32 bits per heavy atom. The Balaban J connectivity index is 1.93. The molecule has 0 aliphatic rings. The molecule has 0 radical (unpaired) electrons. The summed E-state index contributed by atoms with van der Waals surface area (Å²) in [5.74, 6) is 0.368. The number of aliphatic hydroxyl groups is 2. The number of allylic oxidation sites excluding steroid dienone is 2. The minimum Gasteiger partial charge on any atom is -0.513 e. The first-order valence-electron chi connectivity index (χ1n) is 11.1. The van der Waals surface area contributed by atoms with Gasteiger partial charge in [-0.1, -0.05) is 72.8 Å². The van der Waals surface area contributed by atoms with Gasteiger partial charge >= 0.3 is 0 Å². The third-order valence-corrected chi connectivity index (χ3v) is 5.68. The van der Waals surface area contributed by atoms with E-state index in [1.807, 2.05) is 48.5 Å². The summed E-state index contributed by atoms with van der Waals surface area (Å²) in [6.45, 7) is 3.27. The van der Waals surface area contributed by atoms with Crippen molar-refractivity contribution in [2.45, 2.75) is 13.8 Å². The number of aliphatic hydroxyl groups excluding tert-OH is 2. The molecule has 5 aromatic rings. The van der Waals surface area contributed by atoms with E-state index in [4.69, 9.17) is 9.97 Å². The van der Waals surface area contributed by atoms with Crippen LogP contribution in [0.1, 0.15) is 25.2 Å². The highest BCUT2D eigenvalue weighted by molar-refractivity contribution is 6.12. The maximum atomic E-state index is 9.96. The molecular formula is C30H24N2O2. The normalized spacial score (nSPS) is 12.4. The number of pyridine rings is 2. The Kier molecular flexibility index (Phi) is 5.56. The van der Waals surface area contributed by atoms with Gasteiger partial charge in [-0.25, -0.2) is 9.97 Å². The first-order valence-corrected chi connectivity index (χ1v) is 11.1. The molecule has 0 amide bonds. The maximum absolute atomic E-state index is 9.96. The first kappa shape index (κ1) is 21.4. The van der Waals surface area contributed by atoms with Gasteiger partial charge in [-0.05, 0) is 48.2 Å². The molecule has 0 saturated carbocycles. The van der Waals surface area contributed by atoms with E-state index in [1.165, 1.54) is 0 Å².